The monoisotopic (exact) mass is 1450 g/mol. The number of thiophene rings is 1. The lowest BCUT2D eigenvalue weighted by molar-refractivity contribution is -0.640. The molecule has 1 aromatic carbocycles. The molecule has 25 heterocycles. The first kappa shape index (κ1) is 48.3. The van der Waals surface area contributed by atoms with Crippen LogP contribution in [0.15, 0.2) is 219 Å². The standard InChI is InChI=1S/C21H16N5.2C16H14N5.C15H11N4O.C15H11N4S/c1-24-20-16-12-22-11-9-14(16)13-25(20)19-18-17(8-5-10-23-18)26(21(19)24)15-6-3-2-4-7-15;2*1-19-12-4-3-6-18-13(12)14-16(19)20(2)15-11-8-17-7-5-10(11)9-21(14)15;2*1-18-14-10-7-16-6-4-9(10)8-19(14)13-12-11(20-15(13)18)3-2-5-17-12/h2-12H,13H2,1H3;2*3-8H,9H2,1-2H3;2*2-7H,8H2,1H3/q5*+1/i1D3;1D3,2D3;2D3;1D3;. The highest BCUT2D eigenvalue weighted by atomic mass is 32.1. The third kappa shape index (κ3) is 8.51. The average molecular weight is 1450 g/mol. The molecular formula is C83H66N23OS+5. The summed E-state index contributed by atoms with van der Waals surface area (Å²) in [6.45, 7) is -9.00. The van der Waals surface area contributed by atoms with E-state index in [0.717, 1.165) is 98.9 Å². The summed E-state index contributed by atoms with van der Waals surface area (Å²) in [6, 6.07) is 38.2. The number of rotatable bonds is 1. The minimum atomic E-state index is -2.58. The zero-order valence-corrected chi connectivity index (χ0v) is 58.2. The molecule has 0 bridgehead atoms. The predicted molar refractivity (Wildman–Crippen MR) is 411 cm³/mol. The van der Waals surface area contributed by atoms with Crippen LogP contribution in [0.5, 0.6) is 0 Å². The van der Waals surface area contributed by atoms with Crippen LogP contribution in [0.25, 0.3) is 172 Å². The Labute approximate surface area is 638 Å². The Morgan fingerprint density at radius 1 is 0.370 bits per heavy atom. The van der Waals surface area contributed by atoms with Gasteiger partial charge in [0.25, 0.3) is 28.6 Å². The molecule has 0 fully saturated rings. The van der Waals surface area contributed by atoms with Crippen molar-refractivity contribution >= 4 is 121 Å². The highest BCUT2D eigenvalue weighted by Gasteiger charge is 2.41. The normalized spacial score (nSPS) is 15.6. The van der Waals surface area contributed by atoms with Gasteiger partial charge in [0.05, 0.1) is 122 Å². The SMILES string of the molecule is C[n+]1c2n(c3c4ncccc4sc31)Cc1ccncc1-2.[2H]C([2H])([2H])[n+]1c2n(c3c4ncccc4n(-c4ccccc4)c31)Cc1ccncc1-2.[2H]C([2H])([2H])[n+]1c2n(c3c4ncccc4n(C)c31)Cc1ccncc1-2.[2H]C([2H])([2H])[n+]1c2n(c3c4ncccc4oc31)Cc1ccncc1-2.[2H]C([2H])([2H])n1c2cccnc2c2c1[n+](C([2H])([2H])[2H])c1n2Cc2ccncc2-1. The van der Waals surface area contributed by atoms with Crippen LogP contribution >= 0.6 is 11.3 Å². The minimum absolute atomic E-state index is 0.119. The number of para-hydroxylation sites is 1. The lowest BCUT2D eigenvalue weighted by Gasteiger charge is -2.03. The molecule has 0 saturated heterocycles. The first-order valence-electron chi connectivity index (χ1n) is 42.2. The van der Waals surface area contributed by atoms with Crippen molar-refractivity contribution in [3.05, 3.63) is 242 Å². The number of hydrogen-bond donors (Lipinski definition) is 0. The quantitative estimate of drug-likeness (QED) is 0.142. The summed E-state index contributed by atoms with van der Waals surface area (Å²) < 4.78 is 151. The summed E-state index contributed by atoms with van der Waals surface area (Å²) in [7, 11) is 4.01. The van der Waals surface area contributed by atoms with E-state index in [0.29, 0.717) is 105 Å². The van der Waals surface area contributed by atoms with E-state index >= 15 is 0 Å². The number of aryl methyl sites for hydroxylation is 7. The zero-order valence-electron chi connectivity index (χ0n) is 72.3. The molecule has 0 unspecified atom stereocenters. The van der Waals surface area contributed by atoms with E-state index in [9.17, 15) is 0 Å². The molecule has 24 nitrogen and oxygen atoms in total. The fourth-order valence-corrected chi connectivity index (χ4v) is 18.0. The summed E-state index contributed by atoms with van der Waals surface area (Å²) in [4.78, 5) is 44.7. The second kappa shape index (κ2) is 23.1. The first-order valence-corrected chi connectivity index (χ1v) is 35.5. The highest BCUT2D eigenvalue weighted by molar-refractivity contribution is 7.25. The predicted octanol–water partition coefficient (Wildman–Crippen LogP) is 11.3. The molecule has 0 N–H and O–H groups in total. The molecule has 26 rings (SSSR count). The zero-order chi connectivity index (χ0) is 84.6. The maximum Gasteiger partial charge on any atom is 0.340 e. The maximum atomic E-state index is 8.34. The summed E-state index contributed by atoms with van der Waals surface area (Å²) in [6.07, 6.45) is 26.1. The van der Waals surface area contributed by atoms with Crippen molar-refractivity contribution in [1.29, 1.82) is 0 Å². The van der Waals surface area contributed by atoms with Crippen LogP contribution in [0, 0.1) is 0 Å². The van der Waals surface area contributed by atoms with Gasteiger partial charge in [-0.1, -0.05) is 29.5 Å². The Balaban J connectivity index is 0.0000000921. The summed E-state index contributed by atoms with van der Waals surface area (Å²) >= 11 is 1.81. The molecule has 21 aromatic rings. The van der Waals surface area contributed by atoms with Crippen molar-refractivity contribution in [2.75, 3.05) is 0 Å². The topological polar surface area (TPSA) is 201 Å². The van der Waals surface area contributed by atoms with Crippen molar-refractivity contribution < 1.29 is 47.8 Å². The molecule has 108 heavy (non-hydrogen) atoms. The van der Waals surface area contributed by atoms with Crippen molar-refractivity contribution in [1.82, 2.24) is 86.4 Å². The van der Waals surface area contributed by atoms with Crippen molar-refractivity contribution in [2.45, 2.75) is 32.7 Å². The molecule has 0 radical (unpaired) electrons. The molecule has 0 atom stereocenters. The number of furan rings is 1. The molecule has 0 amide bonds. The van der Waals surface area contributed by atoms with Gasteiger partial charge in [-0.2, -0.15) is 4.57 Å². The Kier molecular flexibility index (Phi) is 10.3. The van der Waals surface area contributed by atoms with Crippen LogP contribution in [0.1, 0.15) is 48.4 Å². The number of nitrogens with zero attached hydrogens (tertiary/aromatic N) is 23. The number of imidazole rings is 5. The van der Waals surface area contributed by atoms with Gasteiger partial charge in [-0.3, -0.25) is 39.0 Å². The maximum absolute atomic E-state index is 8.34. The molecule has 5 aliphatic heterocycles. The van der Waals surface area contributed by atoms with E-state index in [2.05, 4.69) is 82.7 Å². The third-order valence-electron chi connectivity index (χ3n) is 21.4. The molecule has 0 spiro atoms. The van der Waals surface area contributed by atoms with Gasteiger partial charge in [0, 0.05) is 121 Å². The van der Waals surface area contributed by atoms with E-state index in [1.165, 1.54) is 45.7 Å². The Bertz CT molecular complexity index is 8050. The Morgan fingerprint density at radius 2 is 0.769 bits per heavy atom. The second-order valence-electron chi connectivity index (χ2n) is 27.0. The van der Waals surface area contributed by atoms with Crippen LogP contribution in [0.3, 0.4) is 0 Å². The fourth-order valence-electron chi connectivity index (χ4n) is 16.8. The number of pyridine rings is 10. The molecular weight excluding hydrogens is 1370 g/mol. The lowest BCUT2D eigenvalue weighted by atomic mass is 10.2. The number of fused-ring (bicyclic) bond motifs is 35. The van der Waals surface area contributed by atoms with Crippen LogP contribution < -0.4 is 22.8 Å². The Hall–Kier alpha value is -13.8. The molecule has 0 aliphatic carbocycles. The van der Waals surface area contributed by atoms with E-state index < -0.39 is 34.9 Å². The van der Waals surface area contributed by atoms with Gasteiger partial charge in [0.15, 0.2) is 11.1 Å². The van der Waals surface area contributed by atoms with Crippen molar-refractivity contribution in [3.63, 3.8) is 0 Å². The van der Waals surface area contributed by atoms with Gasteiger partial charge in [-0.15, -0.1) is 0 Å². The first-order chi connectivity index (χ1) is 59.1. The minimum Gasteiger partial charge on any atom is -0.417 e. The van der Waals surface area contributed by atoms with E-state index in [4.69, 9.17) is 25.0 Å². The molecule has 25 heteroatoms. The van der Waals surface area contributed by atoms with Crippen LogP contribution in [-0.2, 0) is 81.7 Å². The van der Waals surface area contributed by atoms with E-state index in [-0.39, 0.29) is 5.65 Å². The number of aromatic nitrogens is 23. The summed E-state index contributed by atoms with van der Waals surface area (Å²) in [5.41, 5.74) is 23.3. The van der Waals surface area contributed by atoms with Crippen molar-refractivity contribution in [2.24, 2.45) is 49.0 Å². The second-order valence-corrected chi connectivity index (χ2v) is 28.1. The highest BCUT2D eigenvalue weighted by Crippen LogP contribution is 2.43. The van der Waals surface area contributed by atoms with Gasteiger partial charge in [-0.25, -0.2) is 65.6 Å². The smallest absolute Gasteiger partial charge is 0.340 e. The fraction of sp³-hybridized carbons (Fsp3) is 0.145. The van der Waals surface area contributed by atoms with E-state index in [1.54, 1.807) is 110 Å². The van der Waals surface area contributed by atoms with Crippen LogP contribution in [0.4, 0.5) is 0 Å². The van der Waals surface area contributed by atoms with Gasteiger partial charge in [-0.05, 0) is 103 Å². The number of hydrogen-bond acceptors (Lipinski definition) is 12. The van der Waals surface area contributed by atoms with Crippen LogP contribution in [-0.4, -0.2) is 86.4 Å². The van der Waals surface area contributed by atoms with Crippen molar-refractivity contribution in [3.8, 4) is 62.6 Å². The van der Waals surface area contributed by atoms with Crippen LogP contribution in [0.2, 0.25) is 0 Å². The van der Waals surface area contributed by atoms with Gasteiger partial charge >= 0.3 is 5.71 Å². The Morgan fingerprint density at radius 3 is 1.28 bits per heavy atom. The average Bonchev–Trinajstić information content (AvgIpc) is 2.16. The van der Waals surface area contributed by atoms with Gasteiger partial charge < -0.3 is 4.42 Å². The molecule has 520 valence electrons. The number of benzene rings is 1. The molecule has 20 aromatic heterocycles. The largest absolute Gasteiger partial charge is 0.417 e. The van der Waals surface area contributed by atoms with Gasteiger partial charge in [0.1, 0.15) is 57.4 Å². The summed E-state index contributed by atoms with van der Waals surface area (Å²) in [5, 5.41) is 0. The van der Waals surface area contributed by atoms with Gasteiger partial charge in [0.2, 0.25) is 49.9 Å². The van der Waals surface area contributed by atoms with E-state index in [1.807, 2.05) is 133 Å². The molecule has 5 aliphatic rings. The summed E-state index contributed by atoms with van der Waals surface area (Å²) in [5.74, 6) is 3.58. The third-order valence-corrected chi connectivity index (χ3v) is 22.6. The molecule has 0 saturated carbocycles. The lowest BCUT2D eigenvalue weighted by Crippen LogP contribution is -2.31.